The molecule has 2 rings (SSSR count). The second-order valence-corrected chi connectivity index (χ2v) is 4.30. The van der Waals surface area contributed by atoms with Crippen LogP contribution in [0.1, 0.15) is 19.8 Å². The van der Waals surface area contributed by atoms with E-state index in [1.165, 1.54) is 0 Å². The molecule has 6 nitrogen and oxygen atoms in total. The summed E-state index contributed by atoms with van der Waals surface area (Å²) in [6, 6.07) is 7.91. The summed E-state index contributed by atoms with van der Waals surface area (Å²) in [4.78, 5) is 0. The molecule has 0 aliphatic carbocycles. The van der Waals surface area contributed by atoms with Gasteiger partial charge in [0.1, 0.15) is 0 Å². The first kappa shape index (κ1) is 14.0. The van der Waals surface area contributed by atoms with Crippen molar-refractivity contribution >= 4 is 5.69 Å². The molecule has 0 aliphatic rings. The van der Waals surface area contributed by atoms with E-state index in [1.54, 1.807) is 6.26 Å². The highest BCUT2D eigenvalue weighted by Gasteiger charge is 2.00. The van der Waals surface area contributed by atoms with E-state index < -0.39 is 0 Å². The van der Waals surface area contributed by atoms with E-state index >= 15 is 0 Å². The summed E-state index contributed by atoms with van der Waals surface area (Å²) >= 11 is 0. The topological polar surface area (TPSA) is 75.7 Å². The lowest BCUT2D eigenvalue weighted by atomic mass is 10.2. The number of H-pyrrole nitrogens is 1. The van der Waals surface area contributed by atoms with Gasteiger partial charge in [-0.15, -0.1) is 5.10 Å². The molecule has 0 fully saturated rings. The number of aromatic amines is 1. The quantitative estimate of drug-likeness (QED) is 0.571. The van der Waals surface area contributed by atoms with Crippen LogP contribution in [0.25, 0.3) is 11.4 Å². The lowest BCUT2D eigenvalue weighted by Gasteiger charge is -2.04. The SMILES string of the molecule is CCCCOC=CCNc1ccc(-c2nnn[nH]2)cc1. The molecular weight excluding hydrogens is 254 g/mol. The van der Waals surface area contributed by atoms with Crippen molar-refractivity contribution in [3.05, 3.63) is 36.6 Å². The van der Waals surface area contributed by atoms with Gasteiger partial charge < -0.3 is 10.1 Å². The van der Waals surface area contributed by atoms with Crippen LogP contribution in [-0.4, -0.2) is 33.8 Å². The Hall–Kier alpha value is -2.37. The first-order chi connectivity index (χ1) is 9.90. The third-order valence-corrected chi connectivity index (χ3v) is 2.74. The summed E-state index contributed by atoms with van der Waals surface area (Å²) in [6.07, 6.45) is 5.95. The van der Waals surface area contributed by atoms with Crippen molar-refractivity contribution in [2.24, 2.45) is 0 Å². The molecule has 0 atom stereocenters. The smallest absolute Gasteiger partial charge is 0.179 e. The van der Waals surface area contributed by atoms with Gasteiger partial charge >= 0.3 is 0 Å². The van der Waals surface area contributed by atoms with Crippen LogP contribution >= 0.6 is 0 Å². The maximum Gasteiger partial charge on any atom is 0.179 e. The van der Waals surface area contributed by atoms with Gasteiger partial charge in [-0.1, -0.05) is 13.3 Å². The van der Waals surface area contributed by atoms with Crippen molar-refractivity contribution in [3.63, 3.8) is 0 Å². The van der Waals surface area contributed by atoms with Gasteiger partial charge in [0, 0.05) is 17.8 Å². The Kier molecular flexibility index (Phi) is 5.57. The number of aromatic nitrogens is 4. The Morgan fingerprint density at radius 1 is 1.30 bits per heavy atom. The zero-order chi connectivity index (χ0) is 14.0. The number of anilines is 1. The summed E-state index contributed by atoms with van der Waals surface area (Å²) in [5, 5.41) is 17.0. The molecule has 20 heavy (non-hydrogen) atoms. The van der Waals surface area contributed by atoms with Crippen molar-refractivity contribution in [1.82, 2.24) is 20.6 Å². The van der Waals surface area contributed by atoms with Crippen molar-refractivity contribution in [1.29, 1.82) is 0 Å². The Morgan fingerprint density at radius 3 is 2.85 bits per heavy atom. The molecular formula is C14H19N5O. The second kappa shape index (κ2) is 7.93. The van der Waals surface area contributed by atoms with Crippen LogP contribution in [0.5, 0.6) is 0 Å². The molecule has 106 valence electrons. The molecule has 6 heteroatoms. The summed E-state index contributed by atoms with van der Waals surface area (Å²) in [5.41, 5.74) is 2.00. The fourth-order valence-corrected chi connectivity index (χ4v) is 1.62. The van der Waals surface area contributed by atoms with Gasteiger partial charge in [0.25, 0.3) is 0 Å². The maximum absolute atomic E-state index is 5.33. The van der Waals surface area contributed by atoms with Crippen molar-refractivity contribution in [3.8, 4) is 11.4 Å². The monoisotopic (exact) mass is 273 g/mol. The largest absolute Gasteiger partial charge is 0.501 e. The van der Waals surface area contributed by atoms with Crippen LogP contribution in [0, 0.1) is 0 Å². The lowest BCUT2D eigenvalue weighted by molar-refractivity contribution is 0.243. The fourth-order valence-electron chi connectivity index (χ4n) is 1.62. The van der Waals surface area contributed by atoms with Crippen molar-refractivity contribution in [2.75, 3.05) is 18.5 Å². The summed E-state index contributed by atoms with van der Waals surface area (Å²) in [6.45, 7) is 3.66. The number of tetrazole rings is 1. The predicted molar refractivity (Wildman–Crippen MR) is 78.1 cm³/mol. The summed E-state index contributed by atoms with van der Waals surface area (Å²) in [5.74, 6) is 0.667. The minimum atomic E-state index is 0.667. The van der Waals surface area contributed by atoms with E-state index in [4.69, 9.17) is 4.74 Å². The number of unbranched alkanes of at least 4 members (excludes halogenated alkanes) is 1. The van der Waals surface area contributed by atoms with Crippen LogP contribution in [0.3, 0.4) is 0 Å². The van der Waals surface area contributed by atoms with Gasteiger partial charge in [-0.25, -0.2) is 5.10 Å². The number of hydrogen-bond acceptors (Lipinski definition) is 5. The van der Waals surface area contributed by atoms with Gasteiger partial charge in [-0.2, -0.15) is 0 Å². The Morgan fingerprint density at radius 2 is 2.15 bits per heavy atom. The summed E-state index contributed by atoms with van der Waals surface area (Å²) < 4.78 is 5.33. The molecule has 0 saturated heterocycles. The van der Waals surface area contributed by atoms with Crippen LogP contribution in [0.15, 0.2) is 36.6 Å². The van der Waals surface area contributed by atoms with Crippen LogP contribution in [0.2, 0.25) is 0 Å². The molecule has 0 unspecified atom stereocenters. The zero-order valence-electron chi connectivity index (χ0n) is 11.5. The highest BCUT2D eigenvalue weighted by Crippen LogP contribution is 2.16. The molecule has 0 aliphatic heterocycles. The van der Waals surface area contributed by atoms with E-state index in [1.807, 2.05) is 30.3 Å². The Bertz CT molecular complexity index is 507. The molecule has 2 N–H and O–H groups in total. The highest BCUT2D eigenvalue weighted by molar-refractivity contribution is 5.59. The molecule has 0 saturated carbocycles. The highest BCUT2D eigenvalue weighted by atomic mass is 16.5. The third-order valence-electron chi connectivity index (χ3n) is 2.74. The van der Waals surface area contributed by atoms with Gasteiger partial charge in [-0.05, 0) is 47.2 Å². The lowest BCUT2D eigenvalue weighted by Crippen LogP contribution is -1.98. The number of nitrogens with one attached hydrogen (secondary N) is 2. The molecule has 2 aromatic rings. The second-order valence-electron chi connectivity index (χ2n) is 4.30. The molecule has 1 aromatic carbocycles. The van der Waals surface area contributed by atoms with Gasteiger partial charge in [0.05, 0.1) is 12.9 Å². The van der Waals surface area contributed by atoms with E-state index in [9.17, 15) is 0 Å². The van der Waals surface area contributed by atoms with E-state index in [0.717, 1.165) is 37.2 Å². The first-order valence-corrected chi connectivity index (χ1v) is 6.75. The molecule has 0 amide bonds. The molecule has 1 heterocycles. The Labute approximate surface area is 118 Å². The number of rotatable bonds is 8. The predicted octanol–water partition coefficient (Wildman–Crippen LogP) is 2.61. The van der Waals surface area contributed by atoms with Gasteiger partial charge in [0.2, 0.25) is 0 Å². The molecule has 1 aromatic heterocycles. The number of ether oxygens (including phenoxy) is 1. The molecule has 0 spiro atoms. The minimum absolute atomic E-state index is 0.667. The maximum atomic E-state index is 5.33. The van der Waals surface area contributed by atoms with Gasteiger partial charge in [-0.3, -0.25) is 0 Å². The zero-order valence-corrected chi connectivity index (χ0v) is 11.5. The van der Waals surface area contributed by atoms with Crippen LogP contribution < -0.4 is 5.32 Å². The minimum Gasteiger partial charge on any atom is -0.501 e. The van der Waals surface area contributed by atoms with Crippen molar-refractivity contribution in [2.45, 2.75) is 19.8 Å². The fraction of sp³-hybridized carbons (Fsp3) is 0.357. The normalized spacial score (nSPS) is 10.8. The average molecular weight is 273 g/mol. The number of hydrogen-bond donors (Lipinski definition) is 2. The molecule has 0 radical (unpaired) electrons. The summed E-state index contributed by atoms with van der Waals surface area (Å²) in [7, 11) is 0. The van der Waals surface area contributed by atoms with E-state index in [2.05, 4.69) is 32.9 Å². The Balaban J connectivity index is 1.74. The van der Waals surface area contributed by atoms with Crippen LogP contribution in [-0.2, 0) is 4.74 Å². The van der Waals surface area contributed by atoms with Crippen LogP contribution in [0.4, 0.5) is 5.69 Å². The number of benzene rings is 1. The standard InChI is InChI=1S/C14H19N5O/c1-2-3-10-20-11-4-9-15-13-7-5-12(6-8-13)14-16-18-19-17-14/h4-8,11,15H,2-3,9-10H2,1H3,(H,16,17,18,19). The number of nitrogens with zero attached hydrogens (tertiary/aromatic N) is 3. The van der Waals surface area contributed by atoms with E-state index in [-0.39, 0.29) is 0 Å². The van der Waals surface area contributed by atoms with E-state index in [0.29, 0.717) is 5.82 Å². The first-order valence-electron chi connectivity index (χ1n) is 6.75. The third kappa shape index (κ3) is 4.38. The van der Waals surface area contributed by atoms with Gasteiger partial charge in [0.15, 0.2) is 5.82 Å². The average Bonchev–Trinajstić information content (AvgIpc) is 3.01. The molecule has 0 bridgehead atoms. The van der Waals surface area contributed by atoms with Crippen molar-refractivity contribution < 1.29 is 4.74 Å².